The predicted molar refractivity (Wildman–Crippen MR) is 382 cm³/mol. The van der Waals surface area contributed by atoms with Crippen molar-refractivity contribution in [2.24, 2.45) is 0 Å². The van der Waals surface area contributed by atoms with Crippen molar-refractivity contribution < 1.29 is 22.7 Å². The standard InChI is InChI=1S/C84H48B2N2O5/c1-4-21-49(22-5-1)52-39-41-61-75(44-52)92-84-79-60-31-14-19-37-73(60)90-76(79)48-70-81(84)85(61)63-46-64-68(47-67(63)88(70)66-34-16-11-28-55(66)51-25-8-3-9-26-51)87(65-33-15-10-27-54(65)50-23-6-2-7-24-50)69-43-53(56-32-20-38-74-78(56)59-30-13-18-36-72(59)89-74)45-77-80(69)86(64)62-42-40-58-57-29-12-17-35-71(57)91-82(58)83(62)93-77/h1-48H. The van der Waals surface area contributed by atoms with Crippen LogP contribution in [-0.2, 0) is 0 Å². The second kappa shape index (κ2) is 19.2. The number of fused-ring (bicyclic) bond motifs is 19. The first-order valence-corrected chi connectivity index (χ1v) is 31.8. The van der Waals surface area contributed by atoms with Crippen LogP contribution in [0.3, 0.4) is 0 Å². The minimum Gasteiger partial charge on any atom is -0.458 e. The summed E-state index contributed by atoms with van der Waals surface area (Å²) in [6.45, 7) is -0.653. The van der Waals surface area contributed by atoms with Crippen LogP contribution in [0.15, 0.2) is 304 Å². The van der Waals surface area contributed by atoms with Crippen molar-refractivity contribution in [2.75, 3.05) is 9.80 Å². The van der Waals surface area contributed by atoms with Crippen molar-refractivity contribution in [3.8, 4) is 67.5 Å². The number of ether oxygens (including phenoxy) is 2. The summed E-state index contributed by atoms with van der Waals surface area (Å²) in [6, 6.07) is 105. The molecular formula is C84H48B2N2O5. The van der Waals surface area contributed by atoms with Crippen LogP contribution in [0.25, 0.3) is 110 Å². The minimum absolute atomic E-state index is 0.308. The number of hydrogen-bond acceptors (Lipinski definition) is 7. The number of para-hydroxylation sites is 5. The lowest BCUT2D eigenvalue weighted by Gasteiger charge is -2.45. The van der Waals surface area contributed by atoms with Gasteiger partial charge in [-0.25, -0.2) is 0 Å². The molecule has 0 N–H and O–H groups in total. The van der Waals surface area contributed by atoms with Crippen LogP contribution in [0.4, 0.5) is 34.1 Å². The Labute approximate surface area is 534 Å². The van der Waals surface area contributed by atoms with E-state index in [-0.39, 0.29) is 13.4 Å². The van der Waals surface area contributed by atoms with E-state index >= 15 is 0 Å². The van der Waals surface area contributed by atoms with Crippen LogP contribution in [-0.4, -0.2) is 13.4 Å². The van der Waals surface area contributed by atoms with E-state index < -0.39 is 0 Å². The van der Waals surface area contributed by atoms with Gasteiger partial charge in [-0.2, -0.15) is 0 Å². The average molecular weight is 1190 g/mol. The Balaban J connectivity index is 0.921. The van der Waals surface area contributed by atoms with Crippen molar-refractivity contribution in [2.45, 2.75) is 0 Å². The van der Waals surface area contributed by atoms with E-state index in [1.165, 1.54) is 0 Å². The average Bonchev–Trinajstić information content (AvgIpc) is 1.48. The summed E-state index contributed by atoms with van der Waals surface area (Å²) in [7, 11) is 0. The Kier molecular flexibility index (Phi) is 10.4. The van der Waals surface area contributed by atoms with Crippen LogP contribution in [0.1, 0.15) is 0 Å². The van der Waals surface area contributed by atoms with E-state index in [0.29, 0.717) is 5.75 Å². The fourth-order valence-corrected chi connectivity index (χ4v) is 16.0. The van der Waals surface area contributed by atoms with Gasteiger partial charge in [0.1, 0.15) is 45.2 Å². The lowest BCUT2D eigenvalue weighted by atomic mass is 9.30. The van der Waals surface area contributed by atoms with Crippen LogP contribution in [0, 0.1) is 0 Å². The van der Waals surface area contributed by atoms with Gasteiger partial charge in [-0.15, -0.1) is 0 Å². The van der Waals surface area contributed by atoms with E-state index in [2.05, 4.69) is 283 Å². The summed E-state index contributed by atoms with van der Waals surface area (Å²) in [6.07, 6.45) is 0. The molecule has 0 bridgehead atoms. The summed E-state index contributed by atoms with van der Waals surface area (Å²) in [5, 5.41) is 6.10. The molecule has 17 aromatic rings. The predicted octanol–water partition coefficient (Wildman–Crippen LogP) is 18.9. The first kappa shape index (κ1) is 50.6. The van der Waals surface area contributed by atoms with Crippen molar-refractivity contribution >= 4 is 146 Å². The number of rotatable bonds is 6. The third-order valence-corrected chi connectivity index (χ3v) is 20.0. The van der Waals surface area contributed by atoms with E-state index in [1.807, 2.05) is 18.2 Å². The van der Waals surface area contributed by atoms with Crippen molar-refractivity contribution in [3.63, 3.8) is 0 Å². The molecule has 0 atom stereocenters. The van der Waals surface area contributed by atoms with Gasteiger partial charge in [0.15, 0.2) is 11.3 Å². The smallest absolute Gasteiger partial charge is 0.256 e. The number of furan rings is 3. The molecule has 0 saturated heterocycles. The summed E-state index contributed by atoms with van der Waals surface area (Å²) in [5.74, 6) is 3.07. The zero-order valence-corrected chi connectivity index (χ0v) is 49.8. The molecule has 9 heteroatoms. The zero-order chi connectivity index (χ0) is 60.6. The Morgan fingerprint density at radius 2 is 0.763 bits per heavy atom. The third kappa shape index (κ3) is 7.21. The van der Waals surface area contributed by atoms with E-state index in [4.69, 9.17) is 22.7 Å². The highest BCUT2D eigenvalue weighted by Gasteiger charge is 2.49. The lowest BCUT2D eigenvalue weighted by Crippen LogP contribution is -2.63. The summed E-state index contributed by atoms with van der Waals surface area (Å²) < 4.78 is 36.0. The molecule has 0 fully saturated rings. The molecule has 7 heterocycles. The number of benzene rings is 14. The van der Waals surface area contributed by atoms with Crippen molar-refractivity contribution in [1.29, 1.82) is 0 Å². The molecule has 430 valence electrons. The highest BCUT2D eigenvalue weighted by atomic mass is 16.5. The Morgan fingerprint density at radius 1 is 0.247 bits per heavy atom. The second-order valence-corrected chi connectivity index (χ2v) is 24.8. The third-order valence-electron chi connectivity index (χ3n) is 20.0. The molecule has 4 aliphatic rings. The first-order valence-electron chi connectivity index (χ1n) is 31.8. The van der Waals surface area contributed by atoms with Gasteiger partial charge < -0.3 is 32.5 Å². The molecule has 0 aliphatic carbocycles. The molecule has 21 rings (SSSR count). The van der Waals surface area contributed by atoms with Crippen LogP contribution in [0.2, 0.25) is 0 Å². The molecule has 0 unspecified atom stereocenters. The molecule has 0 saturated carbocycles. The topological polar surface area (TPSA) is 64.4 Å². The highest BCUT2D eigenvalue weighted by Crippen LogP contribution is 2.53. The number of anilines is 6. The van der Waals surface area contributed by atoms with Crippen LogP contribution >= 0.6 is 0 Å². The van der Waals surface area contributed by atoms with Gasteiger partial charge in [-0.05, 0) is 127 Å². The summed E-state index contributed by atoms with van der Waals surface area (Å²) in [4.78, 5) is 5.04. The normalized spacial score (nSPS) is 13.2. The van der Waals surface area contributed by atoms with Gasteiger partial charge in [0, 0.05) is 66.9 Å². The molecule has 3 aromatic heterocycles. The van der Waals surface area contributed by atoms with Crippen LogP contribution in [0.5, 0.6) is 23.0 Å². The molecule has 7 nitrogen and oxygen atoms in total. The molecule has 4 aliphatic heterocycles. The molecular weight excluding hydrogens is 1140 g/mol. The number of nitrogens with zero attached hydrogens (tertiary/aromatic N) is 2. The lowest BCUT2D eigenvalue weighted by molar-refractivity contribution is 0.481. The first-order chi connectivity index (χ1) is 46.1. The second-order valence-electron chi connectivity index (χ2n) is 24.8. The maximum Gasteiger partial charge on any atom is 0.256 e. The highest BCUT2D eigenvalue weighted by molar-refractivity contribution is 7.02. The van der Waals surface area contributed by atoms with Gasteiger partial charge in [-0.3, -0.25) is 0 Å². The van der Waals surface area contributed by atoms with Gasteiger partial charge in [0.05, 0.1) is 16.8 Å². The van der Waals surface area contributed by atoms with Gasteiger partial charge in [0.25, 0.3) is 13.4 Å². The molecule has 0 radical (unpaired) electrons. The molecule has 14 aromatic carbocycles. The summed E-state index contributed by atoms with van der Waals surface area (Å²) in [5.41, 5.74) is 26.0. The maximum absolute atomic E-state index is 7.67. The maximum atomic E-state index is 7.67. The Hall–Kier alpha value is -12.2. The van der Waals surface area contributed by atoms with Crippen molar-refractivity contribution in [3.05, 3.63) is 291 Å². The van der Waals surface area contributed by atoms with Crippen LogP contribution < -0.4 is 52.1 Å². The molecule has 0 spiro atoms. The van der Waals surface area contributed by atoms with E-state index in [9.17, 15) is 0 Å². The van der Waals surface area contributed by atoms with E-state index in [1.54, 1.807) is 0 Å². The Morgan fingerprint density at radius 3 is 1.45 bits per heavy atom. The fraction of sp³-hybridized carbons (Fsp3) is 0. The van der Waals surface area contributed by atoms with Gasteiger partial charge in [0.2, 0.25) is 0 Å². The van der Waals surface area contributed by atoms with Crippen molar-refractivity contribution in [1.82, 2.24) is 0 Å². The molecule has 0 amide bonds. The Bertz CT molecular complexity index is 6050. The van der Waals surface area contributed by atoms with E-state index in [0.717, 1.165) is 194 Å². The minimum atomic E-state index is -0.345. The fourth-order valence-electron chi connectivity index (χ4n) is 16.0. The monoisotopic (exact) mass is 1190 g/mol. The quantitative estimate of drug-likeness (QED) is 0.154. The largest absolute Gasteiger partial charge is 0.458 e. The van der Waals surface area contributed by atoms with Gasteiger partial charge in [-0.1, -0.05) is 224 Å². The SMILES string of the molecule is c1ccc(-c2ccc3c(c2)Oc2c4c(cc5oc6ccccc6c25)N(c2ccccc2-c2ccccc2)c2cc5c(cc2B34)B2c3ccc4c(oc6ccccc64)c3Oc3cc(-c4cccc6oc7ccccc7c46)cc(c32)N5c2ccccc2-c2ccccc2)cc1. The molecule has 93 heavy (non-hydrogen) atoms. The van der Waals surface area contributed by atoms with Gasteiger partial charge >= 0.3 is 0 Å². The summed E-state index contributed by atoms with van der Waals surface area (Å²) >= 11 is 0. The zero-order valence-electron chi connectivity index (χ0n) is 49.8. The number of hydrogen-bond donors (Lipinski definition) is 0.